The molecule has 4 heteroatoms. The second-order valence-electron chi connectivity index (χ2n) is 2.99. The summed E-state index contributed by atoms with van der Waals surface area (Å²) in [6, 6.07) is 0. The summed E-state index contributed by atoms with van der Waals surface area (Å²) in [5.41, 5.74) is 3.52. The third-order valence-electron chi connectivity index (χ3n) is 1.40. The van der Waals surface area contributed by atoms with E-state index in [2.05, 4.69) is 24.4 Å². The number of methoxy groups -OCH3 is 2. The molecule has 0 saturated heterocycles. The van der Waals surface area contributed by atoms with Crippen molar-refractivity contribution in [2.24, 2.45) is 0 Å². The maximum absolute atomic E-state index is 5.04. The number of nitrogens with zero attached hydrogens (tertiary/aromatic N) is 1. The van der Waals surface area contributed by atoms with Crippen molar-refractivity contribution in [1.82, 2.24) is 4.57 Å². The molecule has 0 aliphatic rings. The Balaban J connectivity index is 3.81. The quantitative estimate of drug-likeness (QED) is 0.541. The fraction of sp³-hybridized carbons (Fsp3) is 0.750. The van der Waals surface area contributed by atoms with Crippen LogP contribution in [0.1, 0.15) is 0 Å². The Morgan fingerprint density at radius 2 is 1.75 bits per heavy atom. The zero-order chi connectivity index (χ0) is 9.40. The molecule has 0 rings (SSSR count). The summed E-state index contributed by atoms with van der Waals surface area (Å²) in [7, 11) is 7.38. The van der Waals surface area contributed by atoms with E-state index in [0.29, 0.717) is 13.2 Å². The molecule has 0 unspecified atom stereocenters. The van der Waals surface area contributed by atoms with Gasteiger partial charge in [-0.3, -0.25) is 0 Å². The molecule has 0 fully saturated rings. The minimum absolute atomic E-state index is 0.231. The molecule has 0 aromatic heterocycles. The summed E-state index contributed by atoms with van der Waals surface area (Å²) in [4.78, 5) is 0. The van der Waals surface area contributed by atoms with Crippen LogP contribution in [0.25, 0.3) is 0 Å². The maximum Gasteiger partial charge on any atom is 0.119 e. The van der Waals surface area contributed by atoms with Gasteiger partial charge in [-0.05, 0) is 19.7 Å². The summed E-state index contributed by atoms with van der Waals surface area (Å²) in [6.07, 6.45) is 0. The fourth-order valence-electron chi connectivity index (χ4n) is 0.842. The Kier molecular flexibility index (Phi) is 7.38. The highest BCUT2D eigenvalue weighted by molar-refractivity contribution is 6.38. The second kappa shape index (κ2) is 7.48. The highest BCUT2D eigenvalue weighted by Crippen LogP contribution is 1.94. The van der Waals surface area contributed by atoms with E-state index in [4.69, 9.17) is 9.47 Å². The van der Waals surface area contributed by atoms with Crippen LogP contribution in [0.2, 0.25) is 0 Å². The van der Waals surface area contributed by atoms with Gasteiger partial charge < -0.3 is 14.0 Å². The molecule has 0 amide bonds. The summed E-state index contributed by atoms with van der Waals surface area (Å²) in [5.74, 6) is 0. The van der Waals surface area contributed by atoms with Crippen LogP contribution in [-0.4, -0.2) is 55.8 Å². The lowest BCUT2D eigenvalue weighted by molar-refractivity contribution is 0.182. The van der Waals surface area contributed by atoms with E-state index >= 15 is 0 Å². The first-order chi connectivity index (χ1) is 5.70. The van der Waals surface area contributed by atoms with Crippen molar-refractivity contribution in [1.29, 1.82) is 0 Å². The average molecular weight is 189 g/mol. The lowest BCUT2D eigenvalue weighted by atomic mass is 10.3. The largest absolute Gasteiger partial charge is 0.380 e. The van der Waals surface area contributed by atoms with Crippen molar-refractivity contribution in [2.75, 3.05) is 41.5 Å². The number of rotatable bonds is 6. The van der Waals surface area contributed by atoms with Gasteiger partial charge in [-0.1, -0.05) is 5.70 Å². The molecular weight excluding hydrogens is 170 g/mol. The monoisotopic (exact) mass is 189 g/mol. The maximum atomic E-state index is 5.04. The van der Waals surface area contributed by atoms with Gasteiger partial charge in [0.05, 0.1) is 13.2 Å². The van der Waals surface area contributed by atoms with Gasteiger partial charge >= 0.3 is 0 Å². The van der Waals surface area contributed by atoms with Crippen molar-refractivity contribution >= 4 is 9.68 Å². The van der Waals surface area contributed by atoms with Crippen LogP contribution < -0.4 is 0 Å². The van der Waals surface area contributed by atoms with Crippen molar-refractivity contribution in [3.05, 3.63) is 11.3 Å². The SMILES string of the molecule is COCC(=C[SiH2]N(C)C)COC. The minimum atomic E-state index is -0.231. The summed E-state index contributed by atoms with van der Waals surface area (Å²) in [6.45, 7) is 1.38. The molecule has 0 radical (unpaired) electrons. The van der Waals surface area contributed by atoms with Crippen LogP contribution in [-0.2, 0) is 9.47 Å². The van der Waals surface area contributed by atoms with Crippen LogP contribution >= 0.6 is 0 Å². The molecule has 0 aromatic rings. The van der Waals surface area contributed by atoms with Gasteiger partial charge in [-0.15, -0.1) is 0 Å². The van der Waals surface area contributed by atoms with E-state index in [1.165, 1.54) is 5.57 Å². The molecule has 0 N–H and O–H groups in total. The second-order valence-corrected chi connectivity index (χ2v) is 5.03. The average Bonchev–Trinajstić information content (AvgIpc) is 2.01. The molecule has 0 saturated carbocycles. The normalized spacial score (nSPS) is 11.4. The molecular formula is C8H19NO2Si. The molecule has 0 bridgehead atoms. The molecule has 12 heavy (non-hydrogen) atoms. The van der Waals surface area contributed by atoms with E-state index in [9.17, 15) is 0 Å². The first kappa shape index (κ1) is 11.8. The van der Waals surface area contributed by atoms with Crippen molar-refractivity contribution in [2.45, 2.75) is 0 Å². The molecule has 0 spiro atoms. The highest BCUT2D eigenvalue weighted by Gasteiger charge is 1.96. The lowest BCUT2D eigenvalue weighted by Gasteiger charge is -2.08. The Morgan fingerprint density at radius 1 is 1.25 bits per heavy atom. The predicted octanol–water partition coefficient (Wildman–Crippen LogP) is -0.192. The van der Waals surface area contributed by atoms with Gasteiger partial charge in [-0.25, -0.2) is 0 Å². The standard InChI is InChI=1S/C8H19NO2Si/c1-9(2)12-7-8(5-10-3)6-11-4/h7H,5-6,12H2,1-4H3. The predicted molar refractivity (Wildman–Crippen MR) is 54.1 cm³/mol. The minimum Gasteiger partial charge on any atom is -0.380 e. The zero-order valence-electron chi connectivity index (χ0n) is 8.46. The smallest absolute Gasteiger partial charge is 0.119 e. The van der Waals surface area contributed by atoms with Crippen LogP contribution in [0.4, 0.5) is 0 Å². The van der Waals surface area contributed by atoms with Gasteiger partial charge in [0.1, 0.15) is 9.68 Å². The third kappa shape index (κ3) is 6.54. The van der Waals surface area contributed by atoms with Gasteiger partial charge in [0.2, 0.25) is 0 Å². The van der Waals surface area contributed by atoms with Crippen LogP contribution in [0, 0.1) is 0 Å². The van der Waals surface area contributed by atoms with Crippen LogP contribution in [0.3, 0.4) is 0 Å². The third-order valence-corrected chi connectivity index (χ3v) is 2.89. The van der Waals surface area contributed by atoms with E-state index in [1.54, 1.807) is 14.2 Å². The van der Waals surface area contributed by atoms with Crippen molar-refractivity contribution < 1.29 is 9.47 Å². The van der Waals surface area contributed by atoms with Gasteiger partial charge in [0.25, 0.3) is 0 Å². The van der Waals surface area contributed by atoms with E-state index in [-0.39, 0.29) is 9.68 Å². The fourth-order valence-corrected chi connectivity index (χ4v) is 1.70. The molecule has 3 nitrogen and oxygen atoms in total. The Bertz CT molecular complexity index is 129. The first-order valence-electron chi connectivity index (χ1n) is 4.01. The van der Waals surface area contributed by atoms with Crippen molar-refractivity contribution in [3.8, 4) is 0 Å². The molecule has 0 aliphatic heterocycles. The molecule has 0 aromatic carbocycles. The first-order valence-corrected chi connectivity index (χ1v) is 5.46. The highest BCUT2D eigenvalue weighted by atomic mass is 28.2. The number of hydrogen-bond acceptors (Lipinski definition) is 3. The molecule has 0 heterocycles. The topological polar surface area (TPSA) is 21.7 Å². The molecule has 0 aliphatic carbocycles. The summed E-state index contributed by atoms with van der Waals surface area (Å²) in [5, 5.41) is 0. The van der Waals surface area contributed by atoms with Gasteiger partial charge in [0.15, 0.2) is 0 Å². The number of hydrogen-bond donors (Lipinski definition) is 0. The Labute approximate surface area is 77.2 Å². The number of ether oxygens (including phenoxy) is 2. The van der Waals surface area contributed by atoms with Gasteiger partial charge in [-0.2, -0.15) is 0 Å². The lowest BCUT2D eigenvalue weighted by Crippen LogP contribution is -2.17. The zero-order valence-corrected chi connectivity index (χ0v) is 9.88. The molecule has 72 valence electrons. The Morgan fingerprint density at radius 3 is 2.08 bits per heavy atom. The van der Waals surface area contributed by atoms with Crippen molar-refractivity contribution in [3.63, 3.8) is 0 Å². The van der Waals surface area contributed by atoms with E-state index < -0.39 is 0 Å². The molecule has 0 atom stereocenters. The van der Waals surface area contributed by atoms with Gasteiger partial charge in [0, 0.05) is 14.2 Å². The summed E-state index contributed by atoms with van der Waals surface area (Å²) < 4.78 is 12.3. The van der Waals surface area contributed by atoms with Crippen LogP contribution in [0.15, 0.2) is 11.3 Å². The summed E-state index contributed by atoms with van der Waals surface area (Å²) >= 11 is 0. The Hall–Kier alpha value is -0.163. The van der Waals surface area contributed by atoms with Crippen LogP contribution in [0.5, 0.6) is 0 Å². The van der Waals surface area contributed by atoms with E-state index in [1.807, 2.05) is 0 Å². The van der Waals surface area contributed by atoms with E-state index in [0.717, 1.165) is 0 Å².